The topological polar surface area (TPSA) is 159 Å². The van der Waals surface area contributed by atoms with Gasteiger partial charge in [-0.25, -0.2) is 19.9 Å². The molecule has 12 heteroatoms. The minimum atomic E-state index is 0.157. The van der Waals surface area contributed by atoms with Crippen molar-refractivity contribution in [3.63, 3.8) is 0 Å². The number of aromatic amines is 1. The van der Waals surface area contributed by atoms with Gasteiger partial charge in [-0.1, -0.05) is 12.1 Å². The average molecular weight is 543 g/mol. The zero-order valence-electron chi connectivity index (χ0n) is 23.0. The Balaban J connectivity index is 0.000000222. The highest BCUT2D eigenvalue weighted by Crippen LogP contribution is 2.33. The van der Waals surface area contributed by atoms with Crippen molar-refractivity contribution in [3.8, 4) is 17.1 Å². The fraction of sp³-hybridized carbons (Fsp3) is 0.286. The summed E-state index contributed by atoms with van der Waals surface area (Å²) in [6, 6.07) is 7.84. The van der Waals surface area contributed by atoms with Gasteiger partial charge in [0.2, 0.25) is 5.88 Å². The standard InChI is InChI=1S/C19H23N7.C9H11N3O2/c1-11-9-24-19(25-16(20)8-12(2)21-3)26-17(11)14-10-23-18-13(14)6-5-7-15(18)22-4;13-4-3-12-5-8(6-12)14-9-1-2-10-7-11-9/h5-10,21-23H,1-4H3,(H2,20,24,25,26);1-2,4,7-8H,3,5-6H2/b12-8-;. The smallest absolute Gasteiger partial charge is 0.251 e. The second-order valence-electron chi connectivity index (χ2n) is 9.17. The predicted octanol–water partition coefficient (Wildman–Crippen LogP) is 2.83. The van der Waals surface area contributed by atoms with E-state index in [4.69, 9.17) is 10.5 Å². The molecule has 4 aromatic rings. The number of hydrogen-bond donors (Lipinski definition) is 4. The van der Waals surface area contributed by atoms with Crippen molar-refractivity contribution in [1.82, 2.24) is 35.1 Å². The number of aromatic nitrogens is 5. The van der Waals surface area contributed by atoms with Crippen LogP contribution in [-0.4, -0.2) is 81.8 Å². The largest absolute Gasteiger partial charge is 0.472 e. The van der Waals surface area contributed by atoms with E-state index in [9.17, 15) is 4.79 Å². The number of H-pyrrole nitrogens is 1. The lowest BCUT2D eigenvalue weighted by molar-refractivity contribution is -0.111. The molecule has 0 amide bonds. The van der Waals surface area contributed by atoms with E-state index >= 15 is 0 Å². The van der Waals surface area contributed by atoms with E-state index in [1.54, 1.807) is 24.5 Å². The Bertz CT molecular complexity index is 1490. The zero-order chi connectivity index (χ0) is 28.5. The summed E-state index contributed by atoms with van der Waals surface area (Å²) < 4.78 is 5.52. The molecule has 0 bridgehead atoms. The van der Waals surface area contributed by atoms with Crippen LogP contribution in [0.1, 0.15) is 12.5 Å². The lowest BCUT2D eigenvalue weighted by Crippen LogP contribution is -2.54. The number of anilines is 1. The highest BCUT2D eigenvalue weighted by Gasteiger charge is 2.27. The lowest BCUT2D eigenvalue weighted by Gasteiger charge is -2.37. The number of benzene rings is 1. The first kappa shape index (κ1) is 28.2. The number of allylic oxidation sites excluding steroid dienone is 1. The fourth-order valence-corrected chi connectivity index (χ4v) is 4.13. The molecule has 0 spiro atoms. The molecule has 1 aliphatic heterocycles. The molecule has 1 aliphatic rings. The molecule has 0 unspecified atom stereocenters. The minimum absolute atomic E-state index is 0.157. The van der Waals surface area contributed by atoms with Crippen molar-refractivity contribution in [3.05, 3.63) is 66.5 Å². The molecular formula is C28H34N10O2. The van der Waals surface area contributed by atoms with Crippen molar-refractivity contribution in [2.45, 2.75) is 20.0 Å². The third kappa shape index (κ3) is 6.97. The molecule has 5 rings (SSSR count). The Hall–Kier alpha value is -4.84. The van der Waals surface area contributed by atoms with Gasteiger partial charge in [0.25, 0.3) is 5.95 Å². The summed E-state index contributed by atoms with van der Waals surface area (Å²) in [5, 5.41) is 7.29. The number of amidine groups is 1. The van der Waals surface area contributed by atoms with Crippen LogP contribution >= 0.6 is 0 Å². The highest BCUT2D eigenvalue weighted by atomic mass is 16.5. The number of aldehydes is 1. The van der Waals surface area contributed by atoms with Crippen LogP contribution in [-0.2, 0) is 4.79 Å². The number of carbonyl (C=O) groups excluding carboxylic acids is 1. The van der Waals surface area contributed by atoms with Gasteiger partial charge in [0.15, 0.2) is 0 Å². The summed E-state index contributed by atoms with van der Waals surface area (Å²) in [6.07, 6.45) is 9.63. The maximum absolute atomic E-state index is 10.2. The number of fused-ring (bicyclic) bond motifs is 1. The molecule has 40 heavy (non-hydrogen) atoms. The lowest BCUT2D eigenvalue weighted by atomic mass is 10.1. The van der Waals surface area contributed by atoms with Crippen molar-refractivity contribution in [1.29, 1.82) is 0 Å². The molecule has 1 saturated heterocycles. The predicted molar refractivity (Wildman–Crippen MR) is 157 cm³/mol. The van der Waals surface area contributed by atoms with Crippen LogP contribution in [0.2, 0.25) is 0 Å². The molecule has 208 valence electrons. The van der Waals surface area contributed by atoms with Crippen molar-refractivity contribution in [2.24, 2.45) is 10.7 Å². The summed E-state index contributed by atoms with van der Waals surface area (Å²) in [6.45, 7) is 5.97. The van der Waals surface area contributed by atoms with E-state index < -0.39 is 0 Å². The minimum Gasteiger partial charge on any atom is -0.472 e. The molecule has 3 aromatic heterocycles. The van der Waals surface area contributed by atoms with Gasteiger partial charge in [-0.15, -0.1) is 0 Å². The van der Waals surface area contributed by atoms with Gasteiger partial charge in [-0.3, -0.25) is 4.90 Å². The molecule has 0 aliphatic carbocycles. The number of carbonyl (C=O) groups is 1. The first-order chi connectivity index (χ1) is 19.4. The Morgan fingerprint density at radius 2 is 2.10 bits per heavy atom. The van der Waals surface area contributed by atoms with Gasteiger partial charge in [-0.2, -0.15) is 4.99 Å². The van der Waals surface area contributed by atoms with Crippen LogP contribution in [0.5, 0.6) is 5.88 Å². The van der Waals surface area contributed by atoms with E-state index in [1.807, 2.05) is 51.2 Å². The molecule has 0 atom stereocenters. The van der Waals surface area contributed by atoms with Crippen LogP contribution in [0.25, 0.3) is 22.2 Å². The SMILES string of the molecule is CN/C(C)=C\C(N)=N/c1ncc(C)c(-c2c[nH]c3c(NC)cccc23)n1.O=CCN1CC(Oc2ccncn2)C1. The van der Waals surface area contributed by atoms with Gasteiger partial charge in [0.1, 0.15) is 24.6 Å². The number of nitrogens with zero attached hydrogens (tertiary/aromatic N) is 6. The molecule has 12 nitrogen and oxygen atoms in total. The van der Waals surface area contributed by atoms with Gasteiger partial charge in [0.05, 0.1) is 23.4 Å². The van der Waals surface area contributed by atoms with Crippen LogP contribution in [0.15, 0.2) is 65.9 Å². The number of ether oxygens (including phenoxy) is 1. The third-order valence-corrected chi connectivity index (χ3v) is 6.29. The maximum atomic E-state index is 10.2. The van der Waals surface area contributed by atoms with Crippen LogP contribution in [0.3, 0.4) is 0 Å². The molecule has 1 aromatic carbocycles. The zero-order valence-corrected chi connectivity index (χ0v) is 23.0. The van der Waals surface area contributed by atoms with Gasteiger partial charge in [-0.05, 0) is 31.6 Å². The Morgan fingerprint density at radius 3 is 2.80 bits per heavy atom. The maximum Gasteiger partial charge on any atom is 0.251 e. The van der Waals surface area contributed by atoms with Gasteiger partial charge >= 0.3 is 0 Å². The van der Waals surface area contributed by atoms with E-state index in [1.165, 1.54) is 6.33 Å². The van der Waals surface area contributed by atoms with Gasteiger partial charge in [0, 0.05) is 68.5 Å². The quantitative estimate of drug-likeness (QED) is 0.141. The Morgan fingerprint density at radius 1 is 1.27 bits per heavy atom. The second kappa shape index (κ2) is 13.3. The number of aliphatic imine (C=N–C) groups is 1. The molecule has 0 saturated carbocycles. The molecular weight excluding hydrogens is 508 g/mol. The van der Waals surface area contributed by atoms with E-state index in [2.05, 4.69) is 46.6 Å². The third-order valence-electron chi connectivity index (χ3n) is 6.29. The number of para-hydroxylation sites is 1. The number of nitrogens with one attached hydrogen (secondary N) is 3. The molecule has 4 heterocycles. The highest BCUT2D eigenvalue weighted by molar-refractivity contribution is 6.01. The van der Waals surface area contributed by atoms with Crippen molar-refractivity contribution >= 4 is 34.7 Å². The summed E-state index contributed by atoms with van der Waals surface area (Å²) in [5.41, 5.74) is 11.8. The number of hydrogen-bond acceptors (Lipinski definition) is 10. The molecule has 5 N–H and O–H groups in total. The average Bonchev–Trinajstić information content (AvgIpc) is 3.38. The van der Waals surface area contributed by atoms with Crippen LogP contribution in [0, 0.1) is 6.92 Å². The fourth-order valence-electron chi connectivity index (χ4n) is 4.13. The summed E-state index contributed by atoms with van der Waals surface area (Å²) >= 11 is 0. The normalized spacial score (nSPS) is 14.2. The summed E-state index contributed by atoms with van der Waals surface area (Å²) in [4.78, 5) is 36.5. The Kier molecular flexibility index (Phi) is 9.36. The number of likely N-dealkylation sites (tertiary alicyclic amines) is 1. The van der Waals surface area contributed by atoms with Crippen molar-refractivity contribution in [2.75, 3.05) is 39.0 Å². The van der Waals surface area contributed by atoms with Crippen molar-refractivity contribution < 1.29 is 9.53 Å². The van der Waals surface area contributed by atoms with E-state index in [-0.39, 0.29) is 6.10 Å². The molecule has 0 radical (unpaired) electrons. The van der Waals surface area contributed by atoms with E-state index in [0.717, 1.165) is 58.5 Å². The monoisotopic (exact) mass is 542 g/mol. The van der Waals surface area contributed by atoms with Gasteiger partial charge < -0.3 is 30.9 Å². The number of aryl methyl sites for hydroxylation is 1. The van der Waals surface area contributed by atoms with E-state index in [0.29, 0.717) is 24.2 Å². The summed E-state index contributed by atoms with van der Waals surface area (Å²) in [7, 11) is 3.73. The number of rotatable bonds is 9. The summed E-state index contributed by atoms with van der Waals surface area (Å²) in [5.74, 6) is 1.28. The second-order valence-corrected chi connectivity index (χ2v) is 9.17. The number of nitrogens with two attached hydrogens (primary N) is 1. The first-order valence-corrected chi connectivity index (χ1v) is 12.8. The Labute approximate surface area is 232 Å². The molecule has 1 fully saturated rings. The van der Waals surface area contributed by atoms with Crippen LogP contribution < -0.4 is 21.1 Å². The van der Waals surface area contributed by atoms with Crippen LogP contribution in [0.4, 0.5) is 11.6 Å². The first-order valence-electron chi connectivity index (χ1n) is 12.8.